The summed E-state index contributed by atoms with van der Waals surface area (Å²) in [6.07, 6.45) is 2.27. The number of carbonyl (C=O) groups is 1. The number of aryl methyl sites for hydroxylation is 1. The van der Waals surface area contributed by atoms with E-state index in [0.29, 0.717) is 18.2 Å². The van der Waals surface area contributed by atoms with Crippen molar-refractivity contribution < 1.29 is 9.32 Å². The van der Waals surface area contributed by atoms with Crippen molar-refractivity contribution in [2.24, 2.45) is 13.0 Å². The summed E-state index contributed by atoms with van der Waals surface area (Å²) < 4.78 is 7.09. The molecule has 3 aromatic rings. The van der Waals surface area contributed by atoms with Crippen LogP contribution < -0.4 is 5.32 Å². The number of benzene rings is 1. The average molecular weight is 382 g/mol. The van der Waals surface area contributed by atoms with Crippen molar-refractivity contribution in [2.45, 2.75) is 32.9 Å². The molecule has 0 radical (unpaired) electrons. The topological polar surface area (TPSA) is 89.1 Å². The predicted octanol–water partition coefficient (Wildman–Crippen LogP) is 3.40. The van der Waals surface area contributed by atoms with E-state index < -0.39 is 0 Å². The first kappa shape index (κ1) is 19.6. The average Bonchev–Trinajstić information content (AvgIpc) is 3.30. The Balaban J connectivity index is 1.65. The molecule has 8 nitrogen and oxygen atoms in total. The lowest BCUT2D eigenvalue weighted by atomic mass is 10.0. The Labute approximate surface area is 164 Å². The summed E-state index contributed by atoms with van der Waals surface area (Å²) in [5.41, 5.74) is 1.73. The minimum Gasteiger partial charge on any atom is -0.359 e. The van der Waals surface area contributed by atoms with Crippen molar-refractivity contribution in [3.63, 3.8) is 0 Å². The maximum Gasteiger partial charge on any atom is 0.318 e. The summed E-state index contributed by atoms with van der Waals surface area (Å²) in [5.74, 6) is 1.76. The quantitative estimate of drug-likeness (QED) is 0.676. The highest BCUT2D eigenvalue weighted by atomic mass is 16.5. The first-order valence-corrected chi connectivity index (χ1v) is 9.30. The van der Waals surface area contributed by atoms with Gasteiger partial charge in [0, 0.05) is 25.7 Å². The second kappa shape index (κ2) is 8.69. The molecule has 0 aliphatic heterocycles. The van der Waals surface area contributed by atoms with E-state index in [1.165, 1.54) is 6.33 Å². The molecule has 0 aliphatic carbocycles. The number of hydrogen-bond donors (Lipinski definition) is 1. The Morgan fingerprint density at radius 1 is 1.29 bits per heavy atom. The van der Waals surface area contributed by atoms with E-state index in [1.807, 2.05) is 43.4 Å². The second-order valence-corrected chi connectivity index (χ2v) is 7.27. The molecule has 148 valence electrons. The highest BCUT2D eigenvalue weighted by Gasteiger charge is 2.23. The zero-order chi connectivity index (χ0) is 20.1. The van der Waals surface area contributed by atoms with Crippen molar-refractivity contribution in [3.8, 4) is 11.3 Å². The third-order valence-electron chi connectivity index (χ3n) is 4.43. The molecule has 2 heterocycles. The van der Waals surface area contributed by atoms with Gasteiger partial charge in [0.2, 0.25) is 0 Å². The fourth-order valence-electron chi connectivity index (χ4n) is 3.02. The molecular weight excluding hydrogens is 356 g/mol. The molecule has 0 unspecified atom stereocenters. The smallest absolute Gasteiger partial charge is 0.318 e. The monoisotopic (exact) mass is 382 g/mol. The Hall–Kier alpha value is -3.16. The van der Waals surface area contributed by atoms with E-state index in [9.17, 15) is 4.79 Å². The van der Waals surface area contributed by atoms with Crippen molar-refractivity contribution >= 4 is 6.03 Å². The minimum absolute atomic E-state index is 0.202. The fourth-order valence-corrected chi connectivity index (χ4v) is 3.02. The van der Waals surface area contributed by atoms with Crippen molar-refractivity contribution in [3.05, 3.63) is 54.3 Å². The molecule has 0 bridgehead atoms. The van der Waals surface area contributed by atoms with E-state index in [4.69, 9.17) is 4.52 Å². The minimum atomic E-state index is -0.211. The van der Waals surface area contributed by atoms with Crippen LogP contribution in [0.4, 0.5) is 4.79 Å². The van der Waals surface area contributed by atoms with E-state index in [1.54, 1.807) is 16.6 Å². The summed E-state index contributed by atoms with van der Waals surface area (Å²) in [6, 6.07) is 11.2. The molecule has 0 spiro atoms. The fraction of sp³-hybridized carbons (Fsp3) is 0.400. The van der Waals surface area contributed by atoms with Gasteiger partial charge in [0.1, 0.15) is 17.8 Å². The standard InChI is InChI=1S/C20H26N6O2/c1-14(2)10-18(19-21-13-22-26(19)4)23-20(27)25(3)12-16-11-17(24-28-16)15-8-6-5-7-9-15/h5-9,11,13-14,18H,10,12H2,1-4H3,(H,23,27)/t18-/m1/s1. The molecule has 1 aromatic carbocycles. The number of urea groups is 1. The predicted molar refractivity (Wildman–Crippen MR) is 105 cm³/mol. The van der Waals surface area contributed by atoms with Crippen LogP contribution >= 0.6 is 0 Å². The largest absolute Gasteiger partial charge is 0.359 e. The van der Waals surface area contributed by atoms with Crippen LogP contribution in [0.3, 0.4) is 0 Å². The number of hydrogen-bond acceptors (Lipinski definition) is 5. The number of carbonyl (C=O) groups excluding carboxylic acids is 1. The third-order valence-corrected chi connectivity index (χ3v) is 4.43. The number of rotatable bonds is 7. The van der Waals surface area contributed by atoms with Crippen LogP contribution in [-0.2, 0) is 13.6 Å². The lowest BCUT2D eigenvalue weighted by molar-refractivity contribution is 0.194. The van der Waals surface area contributed by atoms with Crippen LogP contribution in [0.5, 0.6) is 0 Å². The molecule has 8 heteroatoms. The van der Waals surface area contributed by atoms with Gasteiger partial charge < -0.3 is 14.7 Å². The van der Waals surface area contributed by atoms with Crippen molar-refractivity contribution in [2.75, 3.05) is 7.05 Å². The zero-order valence-electron chi connectivity index (χ0n) is 16.7. The van der Waals surface area contributed by atoms with Gasteiger partial charge in [-0.2, -0.15) is 5.10 Å². The summed E-state index contributed by atoms with van der Waals surface area (Å²) >= 11 is 0. The van der Waals surface area contributed by atoms with E-state index in [0.717, 1.165) is 23.5 Å². The third kappa shape index (κ3) is 4.76. The summed E-state index contributed by atoms with van der Waals surface area (Å²) in [5, 5.41) is 11.3. The van der Waals surface area contributed by atoms with Crippen molar-refractivity contribution in [1.29, 1.82) is 0 Å². The van der Waals surface area contributed by atoms with Gasteiger partial charge in [0.15, 0.2) is 5.76 Å². The van der Waals surface area contributed by atoms with Crippen LogP contribution in [0.1, 0.15) is 37.9 Å². The SMILES string of the molecule is CC(C)C[C@@H](NC(=O)N(C)Cc1cc(-c2ccccc2)no1)c1ncnn1C. The molecule has 1 atom stereocenters. The lowest BCUT2D eigenvalue weighted by Crippen LogP contribution is -2.40. The maximum absolute atomic E-state index is 12.7. The molecule has 2 amide bonds. The highest BCUT2D eigenvalue weighted by molar-refractivity contribution is 5.74. The number of aromatic nitrogens is 4. The van der Waals surface area contributed by atoms with Crippen LogP contribution in [0.25, 0.3) is 11.3 Å². The molecule has 28 heavy (non-hydrogen) atoms. The van der Waals surface area contributed by atoms with Crippen LogP contribution in [-0.4, -0.2) is 37.9 Å². The first-order valence-electron chi connectivity index (χ1n) is 9.30. The van der Waals surface area contributed by atoms with Gasteiger partial charge in [-0.15, -0.1) is 0 Å². The molecular formula is C20H26N6O2. The zero-order valence-corrected chi connectivity index (χ0v) is 16.7. The van der Waals surface area contributed by atoms with Crippen LogP contribution in [0, 0.1) is 5.92 Å². The Morgan fingerprint density at radius 2 is 2.04 bits per heavy atom. The Morgan fingerprint density at radius 3 is 2.68 bits per heavy atom. The van der Waals surface area contributed by atoms with E-state index in [-0.39, 0.29) is 12.1 Å². The Kier molecular flexibility index (Phi) is 6.08. The normalized spacial score (nSPS) is 12.2. The summed E-state index contributed by atoms with van der Waals surface area (Å²) in [6.45, 7) is 4.54. The molecule has 0 saturated carbocycles. The van der Waals surface area contributed by atoms with Crippen LogP contribution in [0.15, 0.2) is 47.2 Å². The number of nitrogens with one attached hydrogen (secondary N) is 1. The maximum atomic E-state index is 12.7. The van der Waals surface area contributed by atoms with Gasteiger partial charge >= 0.3 is 6.03 Å². The summed E-state index contributed by atoms with van der Waals surface area (Å²) in [4.78, 5) is 18.6. The highest BCUT2D eigenvalue weighted by Crippen LogP contribution is 2.21. The van der Waals surface area contributed by atoms with E-state index >= 15 is 0 Å². The summed E-state index contributed by atoms with van der Waals surface area (Å²) in [7, 11) is 3.55. The van der Waals surface area contributed by atoms with Gasteiger partial charge in [-0.3, -0.25) is 4.68 Å². The lowest BCUT2D eigenvalue weighted by Gasteiger charge is -2.23. The number of nitrogens with zero attached hydrogens (tertiary/aromatic N) is 5. The van der Waals surface area contributed by atoms with Gasteiger partial charge in [0.05, 0.1) is 12.6 Å². The van der Waals surface area contributed by atoms with E-state index in [2.05, 4.69) is 34.4 Å². The molecule has 1 N–H and O–H groups in total. The second-order valence-electron chi connectivity index (χ2n) is 7.27. The molecule has 0 saturated heterocycles. The van der Waals surface area contributed by atoms with Crippen molar-refractivity contribution in [1.82, 2.24) is 30.1 Å². The van der Waals surface area contributed by atoms with Gasteiger partial charge in [-0.25, -0.2) is 9.78 Å². The van der Waals surface area contributed by atoms with Crippen LogP contribution in [0.2, 0.25) is 0 Å². The van der Waals surface area contributed by atoms with Gasteiger partial charge in [-0.1, -0.05) is 49.3 Å². The molecule has 2 aromatic heterocycles. The Bertz CT molecular complexity index is 902. The molecule has 3 rings (SSSR count). The number of amides is 2. The molecule has 0 aliphatic rings. The van der Waals surface area contributed by atoms with Gasteiger partial charge in [0.25, 0.3) is 0 Å². The molecule has 0 fully saturated rings. The van der Waals surface area contributed by atoms with Gasteiger partial charge in [-0.05, 0) is 12.3 Å². The first-order chi connectivity index (χ1) is 13.4.